The van der Waals surface area contributed by atoms with Gasteiger partial charge in [-0.15, -0.1) is 0 Å². The summed E-state index contributed by atoms with van der Waals surface area (Å²) in [6.07, 6.45) is 3.56. The van der Waals surface area contributed by atoms with Crippen LogP contribution in [0.1, 0.15) is 0 Å². The Hall–Kier alpha value is -2.45. The fraction of sp³-hybridized carbons (Fsp3) is 0.111. The summed E-state index contributed by atoms with van der Waals surface area (Å²) in [5.41, 5.74) is 0.831. The fourth-order valence-corrected chi connectivity index (χ4v) is 4.27. The summed E-state index contributed by atoms with van der Waals surface area (Å²) < 4.78 is 10.5. The number of methoxy groups -OCH3 is 2. The third-order valence-corrected chi connectivity index (χ3v) is 5.67. The van der Waals surface area contributed by atoms with Crippen molar-refractivity contribution < 1.29 is 9.47 Å². The van der Waals surface area contributed by atoms with Crippen LogP contribution in [0, 0.1) is 0 Å². The topological polar surface area (TPSA) is 44.2 Å². The highest BCUT2D eigenvalue weighted by molar-refractivity contribution is 7.79. The van der Waals surface area contributed by atoms with Gasteiger partial charge in [-0.25, -0.2) is 9.97 Å². The summed E-state index contributed by atoms with van der Waals surface area (Å²) in [6.45, 7) is 0. The summed E-state index contributed by atoms with van der Waals surface area (Å²) in [4.78, 5) is 8.94. The van der Waals surface area contributed by atoms with Crippen LogP contribution < -0.4 is 25.6 Å². The van der Waals surface area contributed by atoms with E-state index >= 15 is 0 Å². The van der Waals surface area contributed by atoms with E-state index in [1.165, 1.54) is 10.6 Å². The van der Waals surface area contributed by atoms with Gasteiger partial charge < -0.3 is 9.47 Å². The van der Waals surface area contributed by atoms with Gasteiger partial charge in [0.2, 0.25) is 0 Å². The maximum absolute atomic E-state index is 5.25. The van der Waals surface area contributed by atoms with E-state index in [-0.39, 0.29) is 0 Å². The number of benzene rings is 2. The van der Waals surface area contributed by atoms with Crippen LogP contribution in [0.3, 0.4) is 0 Å². The van der Waals surface area contributed by atoms with Gasteiger partial charge in [-0.2, -0.15) is 0 Å². The van der Waals surface area contributed by atoms with Crippen molar-refractivity contribution in [1.82, 2.24) is 9.97 Å². The van der Waals surface area contributed by atoms with E-state index in [4.69, 9.17) is 9.47 Å². The summed E-state index contributed by atoms with van der Waals surface area (Å²) in [5, 5.41) is 2.36. The lowest BCUT2D eigenvalue weighted by atomic mass is 10.3. The van der Waals surface area contributed by atoms with Crippen LogP contribution in [0.5, 0.6) is 11.5 Å². The van der Waals surface area contributed by atoms with Crippen LogP contribution in [0.2, 0.25) is 0 Å². The molecule has 3 aromatic rings. The Kier molecular flexibility index (Phi) is 4.84. The molecule has 2 aromatic carbocycles. The second-order valence-corrected chi connectivity index (χ2v) is 6.88. The monoisotopic (exact) mass is 324 g/mol. The molecule has 116 valence electrons. The Morgan fingerprint density at radius 3 is 1.52 bits per heavy atom. The molecule has 0 aliphatic carbocycles. The molecule has 1 aromatic heterocycles. The molecular formula is C18H17N2O2P. The van der Waals surface area contributed by atoms with Crippen LogP contribution in [-0.4, -0.2) is 24.2 Å². The Morgan fingerprint density at radius 2 is 1.13 bits per heavy atom. The molecule has 0 amide bonds. The summed E-state index contributed by atoms with van der Waals surface area (Å²) in [5.74, 6) is 1.68. The number of hydrogen-bond acceptors (Lipinski definition) is 4. The van der Waals surface area contributed by atoms with Gasteiger partial charge >= 0.3 is 0 Å². The first-order chi connectivity index (χ1) is 11.3. The van der Waals surface area contributed by atoms with E-state index in [1.54, 1.807) is 26.6 Å². The molecule has 0 bridgehead atoms. The van der Waals surface area contributed by atoms with E-state index < -0.39 is 7.92 Å². The number of aromatic nitrogens is 2. The smallest absolute Gasteiger partial charge is 0.159 e. The van der Waals surface area contributed by atoms with Gasteiger partial charge in [0.25, 0.3) is 0 Å². The normalized spacial score (nSPS) is 10.6. The minimum Gasteiger partial charge on any atom is -0.497 e. The van der Waals surface area contributed by atoms with Crippen LogP contribution in [-0.2, 0) is 0 Å². The van der Waals surface area contributed by atoms with Crippen molar-refractivity contribution in [3.8, 4) is 11.5 Å². The van der Waals surface area contributed by atoms with Crippen LogP contribution >= 0.6 is 7.92 Å². The lowest BCUT2D eigenvalue weighted by molar-refractivity contribution is 0.415. The van der Waals surface area contributed by atoms with Crippen molar-refractivity contribution in [1.29, 1.82) is 0 Å². The molecule has 4 nitrogen and oxygen atoms in total. The van der Waals surface area contributed by atoms with E-state index in [2.05, 4.69) is 34.2 Å². The molecule has 3 rings (SSSR count). The number of rotatable bonds is 5. The Bertz CT molecular complexity index is 699. The van der Waals surface area contributed by atoms with Crippen molar-refractivity contribution in [3.05, 3.63) is 67.0 Å². The molecule has 23 heavy (non-hydrogen) atoms. The largest absolute Gasteiger partial charge is 0.497 e. The Labute approximate surface area is 136 Å². The Morgan fingerprint density at radius 1 is 0.696 bits per heavy atom. The minimum absolute atomic E-state index is 0.814. The van der Waals surface area contributed by atoms with Crippen molar-refractivity contribution >= 4 is 24.1 Å². The van der Waals surface area contributed by atoms with Crippen LogP contribution in [0.15, 0.2) is 67.0 Å². The van der Waals surface area contributed by atoms with Gasteiger partial charge in [-0.05, 0) is 40.9 Å². The van der Waals surface area contributed by atoms with Gasteiger partial charge in [0.15, 0.2) is 5.57 Å². The number of nitrogens with zero attached hydrogens (tertiary/aromatic N) is 2. The van der Waals surface area contributed by atoms with Gasteiger partial charge in [0, 0.05) is 20.3 Å². The molecule has 5 heteroatoms. The maximum atomic E-state index is 5.25. The third kappa shape index (κ3) is 3.49. The maximum Gasteiger partial charge on any atom is 0.159 e. The molecule has 0 N–H and O–H groups in total. The minimum atomic E-state index is -0.814. The quantitative estimate of drug-likeness (QED) is 0.675. The number of ether oxygens (including phenoxy) is 2. The molecule has 1 heterocycles. The second kappa shape index (κ2) is 7.21. The lowest BCUT2D eigenvalue weighted by Crippen LogP contribution is -2.24. The number of hydrogen-bond donors (Lipinski definition) is 0. The standard InChI is InChI=1S/C18H17N2O2P/c1-21-14-4-8-16(9-5-14)23(18-19-12-3-13-20-18)17-10-6-15(22-2)7-11-17/h3-13H,1-2H3. The van der Waals surface area contributed by atoms with Crippen LogP contribution in [0.25, 0.3) is 0 Å². The highest BCUT2D eigenvalue weighted by Gasteiger charge is 2.19. The second-order valence-electron chi connectivity index (χ2n) is 4.78. The van der Waals surface area contributed by atoms with Gasteiger partial charge in [-0.3, -0.25) is 0 Å². The zero-order valence-electron chi connectivity index (χ0n) is 13.0. The molecule has 0 saturated heterocycles. The SMILES string of the molecule is COc1ccc(P(c2ccc(OC)cc2)c2ncccn2)cc1. The Balaban J connectivity index is 2.05. The van der Waals surface area contributed by atoms with Gasteiger partial charge in [0.1, 0.15) is 11.5 Å². The molecule has 0 saturated carbocycles. The molecule has 0 atom stereocenters. The van der Waals surface area contributed by atoms with E-state index in [9.17, 15) is 0 Å². The van der Waals surface area contributed by atoms with E-state index in [1.807, 2.05) is 30.3 Å². The zero-order chi connectivity index (χ0) is 16.1. The molecule has 0 unspecified atom stereocenters. The highest BCUT2D eigenvalue weighted by atomic mass is 31.1. The molecule has 0 fully saturated rings. The van der Waals surface area contributed by atoms with E-state index in [0.29, 0.717) is 0 Å². The summed E-state index contributed by atoms with van der Waals surface area (Å²) >= 11 is 0. The summed E-state index contributed by atoms with van der Waals surface area (Å²) in [6, 6.07) is 18.0. The molecule has 0 radical (unpaired) electrons. The average molecular weight is 324 g/mol. The van der Waals surface area contributed by atoms with Gasteiger partial charge in [-0.1, -0.05) is 24.3 Å². The van der Waals surface area contributed by atoms with Crippen molar-refractivity contribution in [3.63, 3.8) is 0 Å². The lowest BCUT2D eigenvalue weighted by Gasteiger charge is -2.17. The van der Waals surface area contributed by atoms with Crippen molar-refractivity contribution in [2.75, 3.05) is 14.2 Å². The van der Waals surface area contributed by atoms with Crippen molar-refractivity contribution in [2.45, 2.75) is 0 Å². The third-order valence-electron chi connectivity index (χ3n) is 3.41. The first kappa shape index (κ1) is 15.4. The molecule has 0 aliphatic heterocycles. The molecule has 0 spiro atoms. The van der Waals surface area contributed by atoms with E-state index in [0.717, 1.165) is 17.1 Å². The van der Waals surface area contributed by atoms with Crippen LogP contribution in [0.4, 0.5) is 0 Å². The predicted octanol–water partition coefficient (Wildman–Crippen LogP) is 2.25. The zero-order valence-corrected chi connectivity index (χ0v) is 13.9. The van der Waals surface area contributed by atoms with Gasteiger partial charge in [0.05, 0.1) is 14.2 Å². The first-order valence-corrected chi connectivity index (χ1v) is 8.51. The average Bonchev–Trinajstić information content (AvgIpc) is 2.64. The first-order valence-electron chi connectivity index (χ1n) is 7.17. The predicted molar refractivity (Wildman–Crippen MR) is 93.8 cm³/mol. The highest BCUT2D eigenvalue weighted by Crippen LogP contribution is 2.32. The fourth-order valence-electron chi connectivity index (χ4n) is 2.25. The molecule has 0 aliphatic rings. The summed E-state index contributed by atoms with van der Waals surface area (Å²) in [7, 11) is 2.52. The molecular weight excluding hydrogens is 307 g/mol. The van der Waals surface area contributed by atoms with Crippen molar-refractivity contribution in [2.24, 2.45) is 0 Å².